The zero-order valence-corrected chi connectivity index (χ0v) is 17.9. The molecule has 0 spiro atoms. The molecule has 0 atom stereocenters. The highest BCUT2D eigenvalue weighted by molar-refractivity contribution is 5.91. The average molecular weight is 468 g/mol. The molecule has 180 valence electrons. The Kier molecular flexibility index (Phi) is 7.72. The van der Waals surface area contributed by atoms with Crippen LogP contribution in [0.4, 0.5) is 36.8 Å². The van der Waals surface area contributed by atoms with Gasteiger partial charge in [-0.1, -0.05) is 0 Å². The van der Waals surface area contributed by atoms with Crippen LogP contribution in [0.1, 0.15) is 64.0 Å². The molecule has 1 saturated carbocycles. The first kappa shape index (κ1) is 25.8. The number of anilines is 1. The van der Waals surface area contributed by atoms with Gasteiger partial charge in [-0.25, -0.2) is 4.79 Å². The molecule has 0 aromatic heterocycles. The maximum Gasteiger partial charge on any atom is 0.416 e. The number of rotatable bonds is 4. The summed E-state index contributed by atoms with van der Waals surface area (Å²) in [5, 5.41) is 4.91. The van der Waals surface area contributed by atoms with Gasteiger partial charge in [-0.05, 0) is 70.6 Å². The fraction of sp³-hybridized carbons (Fsp3) is 0.619. The Morgan fingerprint density at radius 3 is 1.84 bits per heavy atom. The summed E-state index contributed by atoms with van der Waals surface area (Å²) >= 11 is 0. The van der Waals surface area contributed by atoms with Crippen LogP contribution in [-0.2, 0) is 21.9 Å². The van der Waals surface area contributed by atoms with E-state index >= 15 is 0 Å². The van der Waals surface area contributed by atoms with Crippen molar-refractivity contribution >= 4 is 17.7 Å². The predicted molar refractivity (Wildman–Crippen MR) is 105 cm³/mol. The van der Waals surface area contributed by atoms with E-state index in [0.29, 0.717) is 37.8 Å². The van der Waals surface area contributed by atoms with E-state index in [0.717, 1.165) is 0 Å². The second kappa shape index (κ2) is 9.58. The number of alkyl halides is 6. The molecule has 1 aliphatic carbocycles. The van der Waals surface area contributed by atoms with Crippen LogP contribution in [0.2, 0.25) is 0 Å². The smallest absolute Gasteiger partial charge is 0.416 e. The number of amides is 2. The summed E-state index contributed by atoms with van der Waals surface area (Å²) in [4.78, 5) is 24.1. The van der Waals surface area contributed by atoms with Crippen LogP contribution in [-0.4, -0.2) is 23.6 Å². The van der Waals surface area contributed by atoms with Gasteiger partial charge in [-0.3, -0.25) is 4.79 Å². The quantitative estimate of drug-likeness (QED) is 0.522. The number of hydrogen-bond acceptors (Lipinski definition) is 3. The minimum Gasteiger partial charge on any atom is -0.444 e. The number of hydrogen-bond donors (Lipinski definition) is 2. The number of benzene rings is 1. The average Bonchev–Trinajstić information content (AvgIpc) is 2.60. The third-order valence-electron chi connectivity index (χ3n) is 4.91. The first-order valence-electron chi connectivity index (χ1n) is 10.1. The minimum atomic E-state index is -4.99. The Morgan fingerprint density at radius 1 is 0.906 bits per heavy atom. The Bertz CT molecular complexity index is 790. The summed E-state index contributed by atoms with van der Waals surface area (Å²) in [5.74, 6) is -0.763. The number of carbonyl (C=O) groups excluding carboxylic acids is 2. The summed E-state index contributed by atoms with van der Waals surface area (Å²) in [5.41, 5.74) is -4.17. The zero-order valence-electron chi connectivity index (χ0n) is 17.9. The molecule has 11 heteroatoms. The normalized spacial score (nSPS) is 19.9. The molecule has 1 fully saturated rings. The number of ether oxygens (including phenoxy) is 1. The molecule has 1 aliphatic rings. The molecule has 2 amide bonds. The van der Waals surface area contributed by atoms with Crippen molar-refractivity contribution in [2.24, 2.45) is 5.92 Å². The van der Waals surface area contributed by atoms with Crippen LogP contribution in [0.3, 0.4) is 0 Å². The molecule has 0 saturated heterocycles. The molecule has 0 bridgehead atoms. The summed E-state index contributed by atoms with van der Waals surface area (Å²) in [6.45, 7) is 5.22. The number of alkyl carbamates (subject to hydrolysis) is 1. The lowest BCUT2D eigenvalue weighted by molar-refractivity contribution is -0.143. The van der Waals surface area contributed by atoms with Gasteiger partial charge in [0.25, 0.3) is 0 Å². The molecule has 0 unspecified atom stereocenters. The van der Waals surface area contributed by atoms with Crippen LogP contribution in [0.15, 0.2) is 18.2 Å². The van der Waals surface area contributed by atoms with Gasteiger partial charge < -0.3 is 15.4 Å². The van der Waals surface area contributed by atoms with E-state index in [4.69, 9.17) is 4.74 Å². The number of nitrogens with one attached hydrogen (secondary N) is 2. The van der Waals surface area contributed by atoms with Gasteiger partial charge in [0.2, 0.25) is 5.91 Å². The van der Waals surface area contributed by atoms with Crippen LogP contribution in [0.5, 0.6) is 0 Å². The lowest BCUT2D eigenvalue weighted by Gasteiger charge is -2.29. The highest BCUT2D eigenvalue weighted by Gasteiger charge is 2.37. The Hall–Kier alpha value is -2.46. The summed E-state index contributed by atoms with van der Waals surface area (Å²) in [6, 6.07) is 0.847. The molecule has 0 aliphatic heterocycles. The van der Waals surface area contributed by atoms with E-state index < -0.39 is 46.8 Å². The molecule has 2 N–H and O–H groups in total. The van der Waals surface area contributed by atoms with Gasteiger partial charge >= 0.3 is 18.4 Å². The topological polar surface area (TPSA) is 67.4 Å². The van der Waals surface area contributed by atoms with Gasteiger partial charge in [0.15, 0.2) is 0 Å². The van der Waals surface area contributed by atoms with E-state index in [2.05, 4.69) is 10.6 Å². The van der Waals surface area contributed by atoms with Gasteiger partial charge in [-0.2, -0.15) is 26.3 Å². The fourth-order valence-electron chi connectivity index (χ4n) is 3.49. The summed E-state index contributed by atoms with van der Waals surface area (Å²) in [7, 11) is 0. The largest absolute Gasteiger partial charge is 0.444 e. The maximum absolute atomic E-state index is 12.9. The Balaban J connectivity index is 1.93. The molecular weight excluding hydrogens is 442 g/mol. The first-order chi connectivity index (χ1) is 14.5. The molecule has 0 radical (unpaired) electrons. The summed E-state index contributed by atoms with van der Waals surface area (Å²) < 4.78 is 82.9. The van der Waals surface area contributed by atoms with E-state index in [1.165, 1.54) is 0 Å². The van der Waals surface area contributed by atoms with Crippen molar-refractivity contribution < 1.29 is 40.7 Å². The van der Waals surface area contributed by atoms with E-state index in [9.17, 15) is 35.9 Å². The molecule has 0 heterocycles. The maximum atomic E-state index is 12.9. The van der Waals surface area contributed by atoms with Gasteiger partial charge in [0.05, 0.1) is 11.1 Å². The zero-order chi connectivity index (χ0) is 24.3. The van der Waals surface area contributed by atoms with Crippen LogP contribution in [0, 0.1) is 5.92 Å². The minimum absolute atomic E-state index is 0.00853. The monoisotopic (exact) mass is 468 g/mol. The number of halogens is 6. The molecular formula is C21H26F6N2O3. The van der Waals surface area contributed by atoms with Crippen LogP contribution in [0.25, 0.3) is 0 Å². The molecule has 2 rings (SSSR count). The van der Waals surface area contributed by atoms with E-state index in [1.54, 1.807) is 20.8 Å². The lowest BCUT2D eigenvalue weighted by atomic mass is 9.84. The fourth-order valence-corrected chi connectivity index (χ4v) is 3.49. The number of carbonyl (C=O) groups is 2. The van der Waals surface area contributed by atoms with Crippen molar-refractivity contribution in [1.82, 2.24) is 5.32 Å². The van der Waals surface area contributed by atoms with E-state index in [1.807, 2.05) is 0 Å². The predicted octanol–water partition coefficient (Wildman–Crippen LogP) is 6.14. The van der Waals surface area contributed by atoms with Crippen molar-refractivity contribution in [3.63, 3.8) is 0 Å². The van der Waals surface area contributed by atoms with Crippen molar-refractivity contribution in [3.8, 4) is 0 Å². The van der Waals surface area contributed by atoms with Crippen molar-refractivity contribution in [3.05, 3.63) is 29.3 Å². The van der Waals surface area contributed by atoms with Crippen molar-refractivity contribution in [2.75, 3.05) is 5.32 Å². The second-order valence-corrected chi connectivity index (χ2v) is 8.91. The molecule has 32 heavy (non-hydrogen) atoms. The molecule has 5 nitrogen and oxygen atoms in total. The highest BCUT2D eigenvalue weighted by Crippen LogP contribution is 2.37. The third-order valence-corrected chi connectivity index (χ3v) is 4.91. The SMILES string of the molecule is CC(C)(C)OC(=O)N[C@H]1CC[C@@H](CC(=O)Nc2cc(C(F)(F)F)cc(C(F)(F)F)c2)CC1. The standard InChI is InChI=1S/C21H26F6N2O3/c1-19(2,3)32-18(31)29-15-6-4-12(5-7-15)8-17(30)28-16-10-13(20(22,23)24)9-14(11-16)21(25,26)27/h9-12,15H,4-8H2,1-3H3,(H,28,30)(H,29,31)/t12-,15+. The Labute approximate surface area is 181 Å². The highest BCUT2D eigenvalue weighted by atomic mass is 19.4. The second-order valence-electron chi connectivity index (χ2n) is 8.91. The van der Waals surface area contributed by atoms with Crippen LogP contribution < -0.4 is 10.6 Å². The van der Waals surface area contributed by atoms with Gasteiger partial charge in [-0.15, -0.1) is 0 Å². The first-order valence-corrected chi connectivity index (χ1v) is 10.1. The summed E-state index contributed by atoms with van der Waals surface area (Å²) in [6.07, 6.45) is -8.24. The van der Waals surface area contributed by atoms with Crippen molar-refractivity contribution in [2.45, 2.75) is 76.9 Å². The molecule has 1 aromatic rings. The van der Waals surface area contributed by atoms with Crippen LogP contribution >= 0.6 is 0 Å². The van der Waals surface area contributed by atoms with E-state index in [-0.39, 0.29) is 24.4 Å². The lowest BCUT2D eigenvalue weighted by Crippen LogP contribution is -2.41. The third kappa shape index (κ3) is 8.23. The van der Waals surface area contributed by atoms with Gasteiger partial charge in [0.1, 0.15) is 5.60 Å². The van der Waals surface area contributed by atoms with Gasteiger partial charge in [0, 0.05) is 18.2 Å². The molecule has 1 aromatic carbocycles. The Morgan fingerprint density at radius 2 is 1.41 bits per heavy atom. The van der Waals surface area contributed by atoms with Crippen molar-refractivity contribution in [1.29, 1.82) is 0 Å².